The summed E-state index contributed by atoms with van der Waals surface area (Å²) in [7, 11) is 1.96. The number of hydrogen-bond donors (Lipinski definition) is 0. The van der Waals surface area contributed by atoms with Crippen LogP contribution in [0.3, 0.4) is 0 Å². The predicted octanol–water partition coefficient (Wildman–Crippen LogP) is 3.15. The van der Waals surface area contributed by atoms with E-state index in [2.05, 4.69) is 30.3 Å². The van der Waals surface area contributed by atoms with Crippen molar-refractivity contribution in [3.63, 3.8) is 0 Å². The van der Waals surface area contributed by atoms with Gasteiger partial charge in [0, 0.05) is 13.1 Å². The molecule has 3 nitrogen and oxygen atoms in total. The molecule has 0 bridgehead atoms. The van der Waals surface area contributed by atoms with E-state index < -0.39 is 0 Å². The average molecular weight is 181 g/mol. The largest absolute Gasteiger partial charge is 0.279 e. The third-order valence-corrected chi connectivity index (χ3v) is 2.33. The van der Waals surface area contributed by atoms with Crippen LogP contribution in [0.5, 0.6) is 0 Å². The Morgan fingerprint density at radius 2 is 2.15 bits per heavy atom. The van der Waals surface area contributed by atoms with E-state index in [0.29, 0.717) is 6.04 Å². The summed E-state index contributed by atoms with van der Waals surface area (Å²) < 4.78 is 0. The molecular weight excluding hydrogens is 162 g/mol. The maximum atomic E-state index is 4.22. The van der Waals surface area contributed by atoms with E-state index in [1.165, 1.54) is 19.3 Å². The second-order valence-electron chi connectivity index (χ2n) is 3.80. The topological polar surface area (TPSA) is 28.0 Å². The second kappa shape index (κ2) is 5.00. The molecule has 0 aliphatic heterocycles. The lowest BCUT2D eigenvalue weighted by Crippen LogP contribution is -2.19. The summed E-state index contributed by atoms with van der Waals surface area (Å²) in [5, 5.41) is 10.2. The molecule has 0 radical (unpaired) electrons. The molecule has 0 amide bonds. The SMILES string of the molecule is CC(C)N(C)N=NC1=CCCCC1. The van der Waals surface area contributed by atoms with Crippen molar-refractivity contribution < 1.29 is 0 Å². The van der Waals surface area contributed by atoms with Crippen molar-refractivity contribution in [2.45, 2.75) is 45.6 Å². The Labute approximate surface area is 80.5 Å². The summed E-state index contributed by atoms with van der Waals surface area (Å²) in [4.78, 5) is 0. The van der Waals surface area contributed by atoms with Crippen molar-refractivity contribution in [1.82, 2.24) is 5.01 Å². The van der Waals surface area contributed by atoms with Crippen LogP contribution in [0.25, 0.3) is 0 Å². The Kier molecular flexibility index (Phi) is 3.93. The highest BCUT2D eigenvalue weighted by Gasteiger charge is 2.03. The molecule has 0 N–H and O–H groups in total. The molecule has 0 unspecified atom stereocenters. The van der Waals surface area contributed by atoms with E-state index in [1.54, 1.807) is 0 Å². The monoisotopic (exact) mass is 181 g/mol. The van der Waals surface area contributed by atoms with Gasteiger partial charge in [-0.2, -0.15) is 0 Å². The van der Waals surface area contributed by atoms with Crippen molar-refractivity contribution in [1.29, 1.82) is 0 Å². The Morgan fingerprint density at radius 1 is 1.38 bits per heavy atom. The summed E-state index contributed by atoms with van der Waals surface area (Å²) >= 11 is 0. The summed E-state index contributed by atoms with van der Waals surface area (Å²) in [6.07, 6.45) is 7.02. The van der Waals surface area contributed by atoms with Gasteiger partial charge in [-0.1, -0.05) is 11.3 Å². The average Bonchev–Trinajstić information content (AvgIpc) is 2.15. The van der Waals surface area contributed by atoms with Gasteiger partial charge in [0.2, 0.25) is 0 Å². The molecule has 0 aromatic carbocycles. The minimum Gasteiger partial charge on any atom is -0.279 e. The normalized spacial score (nSPS) is 18.0. The minimum absolute atomic E-state index is 0.424. The fraction of sp³-hybridized carbons (Fsp3) is 0.800. The van der Waals surface area contributed by atoms with Crippen molar-refractivity contribution >= 4 is 0 Å². The highest BCUT2D eigenvalue weighted by atomic mass is 15.5. The highest BCUT2D eigenvalue weighted by Crippen LogP contribution is 2.18. The Bertz CT molecular complexity index is 206. The lowest BCUT2D eigenvalue weighted by Gasteiger charge is -2.15. The zero-order chi connectivity index (χ0) is 9.68. The fourth-order valence-electron chi connectivity index (χ4n) is 1.14. The fourth-order valence-corrected chi connectivity index (χ4v) is 1.14. The van der Waals surface area contributed by atoms with Crippen molar-refractivity contribution in [3.8, 4) is 0 Å². The molecular formula is C10H19N3. The van der Waals surface area contributed by atoms with Gasteiger partial charge < -0.3 is 0 Å². The Balaban J connectivity index is 2.42. The summed E-state index contributed by atoms with van der Waals surface area (Å²) in [6.45, 7) is 4.21. The van der Waals surface area contributed by atoms with Gasteiger partial charge in [0.25, 0.3) is 0 Å². The van der Waals surface area contributed by atoms with Gasteiger partial charge in [0.1, 0.15) is 0 Å². The molecule has 0 saturated heterocycles. The van der Waals surface area contributed by atoms with Gasteiger partial charge in [-0.15, -0.1) is 5.11 Å². The number of rotatable bonds is 3. The number of hydrogen-bond acceptors (Lipinski definition) is 2. The van der Waals surface area contributed by atoms with Crippen molar-refractivity contribution in [3.05, 3.63) is 11.8 Å². The predicted molar refractivity (Wildman–Crippen MR) is 54.3 cm³/mol. The minimum atomic E-state index is 0.424. The molecule has 1 aliphatic rings. The lowest BCUT2D eigenvalue weighted by atomic mass is 10.1. The Hall–Kier alpha value is -0.860. The quantitative estimate of drug-likeness (QED) is 0.485. The molecule has 0 fully saturated rings. The number of nitrogens with zero attached hydrogens (tertiary/aromatic N) is 3. The molecule has 0 atom stereocenters. The molecule has 0 aromatic heterocycles. The second-order valence-corrected chi connectivity index (χ2v) is 3.80. The van der Waals surface area contributed by atoms with Crippen LogP contribution < -0.4 is 0 Å². The van der Waals surface area contributed by atoms with Crippen LogP contribution in [0.1, 0.15) is 39.5 Å². The summed E-state index contributed by atoms with van der Waals surface area (Å²) in [6, 6.07) is 0.424. The van der Waals surface area contributed by atoms with Crippen LogP contribution in [0.15, 0.2) is 22.1 Å². The third kappa shape index (κ3) is 3.57. The van der Waals surface area contributed by atoms with Gasteiger partial charge in [-0.05, 0) is 39.5 Å². The van der Waals surface area contributed by atoms with Crippen molar-refractivity contribution in [2.24, 2.45) is 10.3 Å². The summed E-state index contributed by atoms with van der Waals surface area (Å²) in [5.41, 5.74) is 1.15. The van der Waals surface area contributed by atoms with Crippen LogP contribution >= 0.6 is 0 Å². The zero-order valence-electron chi connectivity index (χ0n) is 8.82. The molecule has 0 aromatic rings. The molecule has 74 valence electrons. The van der Waals surface area contributed by atoms with Crippen LogP contribution in [0, 0.1) is 0 Å². The van der Waals surface area contributed by atoms with Crippen LogP contribution in [-0.4, -0.2) is 18.1 Å². The van der Waals surface area contributed by atoms with E-state index in [0.717, 1.165) is 12.1 Å². The van der Waals surface area contributed by atoms with Crippen LogP contribution in [0.4, 0.5) is 0 Å². The molecule has 3 heteroatoms. The molecule has 0 spiro atoms. The molecule has 0 saturated carbocycles. The van der Waals surface area contributed by atoms with Crippen molar-refractivity contribution in [2.75, 3.05) is 7.05 Å². The van der Waals surface area contributed by atoms with E-state index in [-0.39, 0.29) is 0 Å². The Morgan fingerprint density at radius 3 is 2.69 bits per heavy atom. The zero-order valence-corrected chi connectivity index (χ0v) is 8.82. The first-order valence-corrected chi connectivity index (χ1v) is 5.03. The first-order valence-electron chi connectivity index (χ1n) is 5.03. The van der Waals surface area contributed by atoms with E-state index in [9.17, 15) is 0 Å². The van der Waals surface area contributed by atoms with E-state index in [4.69, 9.17) is 0 Å². The molecule has 1 rings (SSSR count). The first kappa shape index (κ1) is 10.2. The highest BCUT2D eigenvalue weighted by molar-refractivity contribution is 5.01. The molecule has 13 heavy (non-hydrogen) atoms. The van der Waals surface area contributed by atoms with Gasteiger partial charge >= 0.3 is 0 Å². The van der Waals surface area contributed by atoms with Gasteiger partial charge in [-0.3, -0.25) is 5.01 Å². The first-order chi connectivity index (χ1) is 6.20. The van der Waals surface area contributed by atoms with Gasteiger partial charge in [-0.25, -0.2) is 0 Å². The van der Waals surface area contributed by atoms with E-state index in [1.807, 2.05) is 12.1 Å². The van der Waals surface area contributed by atoms with Gasteiger partial charge in [0.05, 0.1) is 5.70 Å². The molecule has 0 heterocycles. The smallest absolute Gasteiger partial charge is 0.0608 e. The standard InChI is InChI=1S/C10H19N3/c1-9(2)13(3)12-11-10-7-5-4-6-8-10/h7,9H,4-6,8H2,1-3H3. The lowest BCUT2D eigenvalue weighted by molar-refractivity contribution is 0.268. The molecule has 1 aliphatic carbocycles. The maximum Gasteiger partial charge on any atom is 0.0608 e. The maximum absolute atomic E-state index is 4.22. The van der Waals surface area contributed by atoms with Gasteiger partial charge in [0.15, 0.2) is 0 Å². The van der Waals surface area contributed by atoms with Crippen LogP contribution in [0.2, 0.25) is 0 Å². The summed E-state index contributed by atoms with van der Waals surface area (Å²) in [5.74, 6) is 0. The number of allylic oxidation sites excluding steroid dienone is 2. The van der Waals surface area contributed by atoms with Crippen LogP contribution in [-0.2, 0) is 0 Å². The third-order valence-electron chi connectivity index (χ3n) is 2.33. The van der Waals surface area contributed by atoms with E-state index >= 15 is 0 Å².